The number of hydrogen-bond donors (Lipinski definition) is 1. The maximum absolute atomic E-state index is 12.2. The summed E-state index contributed by atoms with van der Waals surface area (Å²) >= 11 is 0. The molecule has 28 heavy (non-hydrogen) atoms. The van der Waals surface area contributed by atoms with E-state index in [1.165, 1.54) is 18.9 Å². The van der Waals surface area contributed by atoms with Gasteiger partial charge < -0.3 is 14.2 Å². The number of esters is 2. The van der Waals surface area contributed by atoms with E-state index in [1.807, 2.05) is 5.10 Å². The number of halogens is 3. The lowest BCUT2D eigenvalue weighted by Crippen LogP contribution is -2.28. The number of carbonyl (C=O) groups is 2. The van der Waals surface area contributed by atoms with Gasteiger partial charge in [0.25, 0.3) is 5.88 Å². The smallest absolute Gasteiger partial charge is 0.491 e. The van der Waals surface area contributed by atoms with Gasteiger partial charge in [-0.2, -0.15) is 13.2 Å². The molecular weight excluding hydrogens is 383 g/mol. The lowest BCUT2D eigenvalue weighted by molar-refractivity contribution is -0.193. The fraction of sp³-hybridized carbons (Fsp3) is 0.412. The Morgan fingerprint density at radius 2 is 1.89 bits per heavy atom. The fourth-order valence-electron chi connectivity index (χ4n) is 2.75. The molecule has 150 valence electrons. The van der Waals surface area contributed by atoms with E-state index in [0.717, 1.165) is 12.8 Å². The van der Waals surface area contributed by atoms with E-state index >= 15 is 0 Å². The summed E-state index contributed by atoms with van der Waals surface area (Å²) in [5.74, 6) is -3.45. The highest BCUT2D eigenvalue weighted by molar-refractivity contribution is 5.98. The highest BCUT2D eigenvalue weighted by Crippen LogP contribution is 2.29. The first-order valence-electron chi connectivity index (χ1n) is 8.48. The first kappa shape index (κ1) is 19.6. The van der Waals surface area contributed by atoms with E-state index in [-0.39, 0.29) is 5.75 Å². The third kappa shape index (κ3) is 4.99. The summed E-state index contributed by atoms with van der Waals surface area (Å²) in [5, 5.41) is 8.82. The second-order valence-electron chi connectivity index (χ2n) is 6.21. The maximum Gasteiger partial charge on any atom is 0.491 e. The summed E-state index contributed by atoms with van der Waals surface area (Å²) < 4.78 is 51.5. The van der Waals surface area contributed by atoms with Gasteiger partial charge in [-0.25, -0.2) is 14.7 Å². The third-order valence-electron chi connectivity index (χ3n) is 4.12. The van der Waals surface area contributed by atoms with E-state index in [1.54, 1.807) is 18.2 Å². The topological polar surface area (TPSA) is 103 Å². The molecule has 0 spiro atoms. The predicted molar refractivity (Wildman–Crippen MR) is 86.8 cm³/mol. The number of nitrogens with one attached hydrogen (secondary N) is 1. The molecule has 3 rings (SSSR count). The van der Waals surface area contributed by atoms with Gasteiger partial charge in [0.05, 0.1) is 6.61 Å². The van der Waals surface area contributed by atoms with Crippen LogP contribution in [0.25, 0.3) is 0 Å². The number of hydrogen-bond acceptors (Lipinski definition) is 7. The molecule has 0 atom stereocenters. The molecule has 1 heterocycles. The van der Waals surface area contributed by atoms with Crippen molar-refractivity contribution in [2.75, 3.05) is 6.61 Å². The van der Waals surface area contributed by atoms with E-state index < -0.39 is 29.7 Å². The standard InChI is InChI=1S/C17H16F3N3O5/c18-17(19,20)16(25)28-15(24)13-14(22-23-21-13)27-12-7-3-6-11(8-12)26-9-10-4-1-2-5-10/h3,6-8,10H,1-2,4-5,9H2,(H,21,22,23). The van der Waals surface area contributed by atoms with Crippen LogP contribution in [0.5, 0.6) is 17.4 Å². The molecule has 0 radical (unpaired) electrons. The Morgan fingerprint density at radius 1 is 1.18 bits per heavy atom. The van der Waals surface area contributed by atoms with Crippen LogP contribution < -0.4 is 9.47 Å². The molecule has 0 amide bonds. The minimum atomic E-state index is -5.31. The molecule has 1 aromatic carbocycles. The van der Waals surface area contributed by atoms with Gasteiger partial charge in [-0.3, -0.25) is 0 Å². The number of rotatable bonds is 6. The minimum Gasteiger partial charge on any atom is -0.493 e. The van der Waals surface area contributed by atoms with Gasteiger partial charge in [-0.15, -0.1) is 0 Å². The highest BCUT2D eigenvalue weighted by atomic mass is 19.4. The van der Waals surface area contributed by atoms with E-state index in [0.29, 0.717) is 18.3 Å². The number of benzene rings is 1. The first-order chi connectivity index (χ1) is 13.3. The molecule has 1 aromatic heterocycles. The number of alkyl halides is 3. The molecule has 0 saturated heterocycles. The van der Waals surface area contributed by atoms with Crippen LogP contribution in [-0.4, -0.2) is 40.1 Å². The summed E-state index contributed by atoms with van der Waals surface area (Å²) in [4.78, 5) is 22.5. The molecule has 1 saturated carbocycles. The van der Waals surface area contributed by atoms with Gasteiger partial charge in [0.2, 0.25) is 5.69 Å². The summed E-state index contributed by atoms with van der Waals surface area (Å²) in [6, 6.07) is 6.44. The van der Waals surface area contributed by atoms with E-state index in [9.17, 15) is 22.8 Å². The molecular formula is C17H16F3N3O5. The second kappa shape index (κ2) is 8.28. The van der Waals surface area contributed by atoms with Gasteiger partial charge in [-0.1, -0.05) is 29.2 Å². The second-order valence-corrected chi connectivity index (χ2v) is 6.21. The van der Waals surface area contributed by atoms with Gasteiger partial charge in [0.1, 0.15) is 11.5 Å². The third-order valence-corrected chi connectivity index (χ3v) is 4.12. The zero-order valence-electron chi connectivity index (χ0n) is 14.5. The van der Waals surface area contributed by atoms with Crippen molar-refractivity contribution in [3.8, 4) is 17.4 Å². The summed E-state index contributed by atoms with van der Waals surface area (Å²) in [6.45, 7) is 0.574. The monoisotopic (exact) mass is 399 g/mol. The van der Waals surface area contributed by atoms with Crippen LogP contribution in [0.15, 0.2) is 24.3 Å². The zero-order valence-corrected chi connectivity index (χ0v) is 14.5. The van der Waals surface area contributed by atoms with Crippen LogP contribution in [0.1, 0.15) is 36.2 Å². The number of carbonyl (C=O) groups excluding carboxylic acids is 2. The van der Waals surface area contributed by atoms with Crippen molar-refractivity contribution in [1.82, 2.24) is 15.4 Å². The Morgan fingerprint density at radius 3 is 2.61 bits per heavy atom. The largest absolute Gasteiger partial charge is 0.493 e. The average Bonchev–Trinajstić information content (AvgIpc) is 3.31. The molecule has 0 unspecified atom stereocenters. The highest BCUT2D eigenvalue weighted by Gasteiger charge is 2.43. The molecule has 11 heteroatoms. The minimum absolute atomic E-state index is 0.217. The lowest BCUT2D eigenvalue weighted by atomic mass is 10.1. The average molecular weight is 399 g/mol. The molecule has 1 N–H and O–H groups in total. The van der Waals surface area contributed by atoms with Crippen LogP contribution in [0, 0.1) is 5.92 Å². The quantitative estimate of drug-likeness (QED) is 0.586. The summed E-state index contributed by atoms with van der Waals surface area (Å²) in [7, 11) is 0. The number of nitrogens with zero attached hydrogens (tertiary/aromatic N) is 2. The van der Waals surface area contributed by atoms with Gasteiger partial charge in [0.15, 0.2) is 0 Å². The Balaban J connectivity index is 1.64. The molecule has 0 aliphatic heterocycles. The molecule has 8 nitrogen and oxygen atoms in total. The summed E-state index contributed by atoms with van der Waals surface area (Å²) in [6.07, 6.45) is -0.679. The van der Waals surface area contributed by atoms with Gasteiger partial charge >= 0.3 is 18.1 Å². The van der Waals surface area contributed by atoms with Crippen molar-refractivity contribution in [3.63, 3.8) is 0 Å². The van der Waals surface area contributed by atoms with Gasteiger partial charge in [-0.05, 0) is 30.9 Å². The molecule has 1 fully saturated rings. The van der Waals surface area contributed by atoms with Crippen LogP contribution in [0.3, 0.4) is 0 Å². The van der Waals surface area contributed by atoms with Crippen molar-refractivity contribution in [1.29, 1.82) is 0 Å². The zero-order chi connectivity index (χ0) is 20.1. The van der Waals surface area contributed by atoms with Gasteiger partial charge in [0, 0.05) is 6.07 Å². The maximum atomic E-state index is 12.2. The normalized spacial score (nSPS) is 14.7. The first-order valence-corrected chi connectivity index (χ1v) is 8.48. The molecule has 1 aliphatic rings. The number of aromatic amines is 1. The Bertz CT molecular complexity index is 847. The van der Waals surface area contributed by atoms with Crippen LogP contribution in [0.4, 0.5) is 13.2 Å². The lowest BCUT2D eigenvalue weighted by Gasteiger charge is -2.12. The van der Waals surface area contributed by atoms with E-state index in [4.69, 9.17) is 9.47 Å². The van der Waals surface area contributed by atoms with Crippen LogP contribution in [-0.2, 0) is 9.53 Å². The molecule has 2 aromatic rings. The van der Waals surface area contributed by atoms with Crippen LogP contribution >= 0.6 is 0 Å². The summed E-state index contributed by atoms with van der Waals surface area (Å²) in [5.41, 5.74) is -0.630. The Labute approximate surface area is 157 Å². The fourth-order valence-corrected chi connectivity index (χ4v) is 2.75. The van der Waals surface area contributed by atoms with Crippen molar-refractivity contribution in [2.45, 2.75) is 31.9 Å². The van der Waals surface area contributed by atoms with E-state index in [2.05, 4.69) is 15.0 Å². The number of aromatic nitrogens is 3. The SMILES string of the molecule is O=C(OC(=O)C(F)(F)F)c1[nH]nnc1Oc1cccc(OCC2CCCC2)c1. The van der Waals surface area contributed by atoms with Crippen molar-refractivity contribution in [2.24, 2.45) is 5.92 Å². The Kier molecular flexibility index (Phi) is 5.81. The predicted octanol–water partition coefficient (Wildman–Crippen LogP) is 3.41. The molecule has 0 bridgehead atoms. The Hall–Kier alpha value is -3.11. The van der Waals surface area contributed by atoms with Crippen LogP contribution in [0.2, 0.25) is 0 Å². The van der Waals surface area contributed by atoms with Crippen molar-refractivity contribution < 1.29 is 37.0 Å². The van der Waals surface area contributed by atoms with Crippen molar-refractivity contribution in [3.05, 3.63) is 30.0 Å². The van der Waals surface area contributed by atoms with Crippen molar-refractivity contribution >= 4 is 11.9 Å². The number of ether oxygens (including phenoxy) is 3. The molecule has 1 aliphatic carbocycles. The number of H-pyrrole nitrogens is 1.